The van der Waals surface area contributed by atoms with Crippen LogP contribution < -0.4 is 15.1 Å². The second-order valence-corrected chi connectivity index (χ2v) is 6.06. The molecule has 2 aromatic rings. The summed E-state index contributed by atoms with van der Waals surface area (Å²) in [4.78, 5) is 22.1. The van der Waals surface area contributed by atoms with Crippen LogP contribution in [0.2, 0.25) is 0 Å². The lowest BCUT2D eigenvalue weighted by atomic mass is 10.2. The fraction of sp³-hybridized carbons (Fsp3) is 0.500. The van der Waals surface area contributed by atoms with Crippen molar-refractivity contribution in [1.82, 2.24) is 19.9 Å². The number of rotatable bonds is 4. The molecule has 0 radical (unpaired) electrons. The van der Waals surface area contributed by atoms with E-state index in [1.165, 1.54) is 18.5 Å². The summed E-state index contributed by atoms with van der Waals surface area (Å²) in [5.41, 5.74) is 1.20. The Labute approximate surface area is 135 Å². The molecular formula is C16H21N7. The third kappa shape index (κ3) is 3.04. The number of nitrogens with one attached hydrogen (secondary N) is 1. The zero-order valence-electron chi connectivity index (χ0n) is 13.3. The van der Waals surface area contributed by atoms with Crippen LogP contribution in [-0.2, 0) is 0 Å². The zero-order chi connectivity index (χ0) is 15.6. The highest BCUT2D eigenvalue weighted by molar-refractivity contribution is 5.50. The fourth-order valence-electron chi connectivity index (χ4n) is 2.96. The van der Waals surface area contributed by atoms with Crippen molar-refractivity contribution >= 4 is 17.5 Å². The summed E-state index contributed by atoms with van der Waals surface area (Å²) in [7, 11) is 1.87. The van der Waals surface area contributed by atoms with Gasteiger partial charge in [0.2, 0.25) is 0 Å². The lowest BCUT2D eigenvalue weighted by molar-refractivity contribution is 0.639. The van der Waals surface area contributed by atoms with Gasteiger partial charge < -0.3 is 15.1 Å². The molecule has 0 spiro atoms. The highest BCUT2D eigenvalue weighted by Gasteiger charge is 2.26. The quantitative estimate of drug-likeness (QED) is 0.917. The first-order chi connectivity index (χ1) is 11.3. The van der Waals surface area contributed by atoms with Crippen LogP contribution >= 0.6 is 0 Å². The average Bonchev–Trinajstić information content (AvgIpc) is 3.47. The smallest absolute Gasteiger partial charge is 0.134 e. The third-order valence-corrected chi connectivity index (χ3v) is 4.51. The van der Waals surface area contributed by atoms with Crippen LogP contribution in [-0.4, -0.2) is 53.2 Å². The van der Waals surface area contributed by atoms with Gasteiger partial charge in [-0.2, -0.15) is 0 Å². The van der Waals surface area contributed by atoms with Crippen LogP contribution in [0.25, 0.3) is 0 Å². The molecule has 1 saturated carbocycles. The Morgan fingerprint density at radius 2 is 1.48 bits per heavy atom. The van der Waals surface area contributed by atoms with Gasteiger partial charge in [0.25, 0.3) is 0 Å². The van der Waals surface area contributed by atoms with E-state index in [0.717, 1.165) is 43.6 Å². The molecule has 3 heterocycles. The van der Waals surface area contributed by atoms with Crippen molar-refractivity contribution in [3.05, 3.63) is 30.5 Å². The first-order valence-corrected chi connectivity index (χ1v) is 8.15. The standard InChI is InChI=1S/C16H21N7/c1-17-14-9-16(21-11-19-14)23-6-4-22(5-7-23)15-8-13(12-2-3-12)18-10-20-15/h8-12H,2-7H2,1H3,(H,17,19,21). The third-order valence-electron chi connectivity index (χ3n) is 4.51. The van der Waals surface area contributed by atoms with Crippen molar-refractivity contribution in [1.29, 1.82) is 0 Å². The lowest BCUT2D eigenvalue weighted by Gasteiger charge is -2.36. The van der Waals surface area contributed by atoms with Gasteiger partial charge in [-0.3, -0.25) is 0 Å². The van der Waals surface area contributed by atoms with E-state index in [4.69, 9.17) is 0 Å². The van der Waals surface area contributed by atoms with Crippen LogP contribution in [0, 0.1) is 0 Å². The molecule has 1 aliphatic heterocycles. The summed E-state index contributed by atoms with van der Waals surface area (Å²) < 4.78 is 0. The lowest BCUT2D eigenvalue weighted by Crippen LogP contribution is -2.47. The Bertz CT molecular complexity index is 678. The minimum absolute atomic E-state index is 0.666. The highest BCUT2D eigenvalue weighted by atomic mass is 15.3. The molecule has 4 rings (SSSR count). The van der Waals surface area contributed by atoms with Crippen LogP contribution in [0.4, 0.5) is 17.5 Å². The van der Waals surface area contributed by atoms with Crippen LogP contribution in [0.3, 0.4) is 0 Å². The molecule has 2 fully saturated rings. The van der Waals surface area contributed by atoms with Crippen LogP contribution in [0.1, 0.15) is 24.5 Å². The summed E-state index contributed by atoms with van der Waals surface area (Å²) in [5.74, 6) is 3.55. The normalized spacial score (nSPS) is 18.1. The molecule has 0 bridgehead atoms. The van der Waals surface area contributed by atoms with Crippen molar-refractivity contribution in [2.75, 3.05) is 48.3 Å². The largest absolute Gasteiger partial charge is 0.373 e. The van der Waals surface area contributed by atoms with E-state index in [1.807, 2.05) is 13.1 Å². The van der Waals surface area contributed by atoms with Gasteiger partial charge in [0.1, 0.15) is 30.1 Å². The maximum Gasteiger partial charge on any atom is 0.134 e. The van der Waals surface area contributed by atoms with Gasteiger partial charge in [0.05, 0.1) is 0 Å². The molecule has 2 aliphatic rings. The number of hydrogen-bond donors (Lipinski definition) is 1. The Balaban J connectivity index is 1.43. The minimum Gasteiger partial charge on any atom is -0.373 e. The van der Waals surface area contributed by atoms with E-state index in [-0.39, 0.29) is 0 Å². The van der Waals surface area contributed by atoms with Gasteiger partial charge in [-0.15, -0.1) is 0 Å². The number of nitrogens with zero attached hydrogens (tertiary/aromatic N) is 6. The highest BCUT2D eigenvalue weighted by Crippen LogP contribution is 2.39. The fourth-order valence-corrected chi connectivity index (χ4v) is 2.96. The van der Waals surface area contributed by atoms with Gasteiger partial charge in [-0.25, -0.2) is 19.9 Å². The van der Waals surface area contributed by atoms with Crippen molar-refractivity contribution < 1.29 is 0 Å². The maximum absolute atomic E-state index is 4.46. The summed E-state index contributed by atoms with van der Waals surface area (Å²) in [6.45, 7) is 3.76. The molecule has 0 amide bonds. The van der Waals surface area contributed by atoms with Gasteiger partial charge in [-0.05, 0) is 12.8 Å². The molecule has 7 heteroatoms. The minimum atomic E-state index is 0.666. The van der Waals surface area contributed by atoms with Crippen molar-refractivity contribution in [2.45, 2.75) is 18.8 Å². The molecule has 23 heavy (non-hydrogen) atoms. The Morgan fingerprint density at radius 1 is 0.870 bits per heavy atom. The van der Waals surface area contributed by atoms with E-state index in [9.17, 15) is 0 Å². The molecule has 0 unspecified atom stereocenters. The van der Waals surface area contributed by atoms with Gasteiger partial charge >= 0.3 is 0 Å². The van der Waals surface area contributed by atoms with Crippen molar-refractivity contribution in [2.24, 2.45) is 0 Å². The number of hydrogen-bond acceptors (Lipinski definition) is 7. The summed E-state index contributed by atoms with van der Waals surface area (Å²) >= 11 is 0. The SMILES string of the molecule is CNc1cc(N2CCN(c3cc(C4CC4)ncn3)CC2)ncn1. The van der Waals surface area contributed by atoms with E-state index < -0.39 is 0 Å². The Kier molecular flexibility index (Phi) is 3.69. The van der Waals surface area contributed by atoms with E-state index in [0.29, 0.717) is 5.92 Å². The predicted molar refractivity (Wildman–Crippen MR) is 90.0 cm³/mol. The van der Waals surface area contributed by atoms with Crippen LogP contribution in [0.15, 0.2) is 24.8 Å². The topological polar surface area (TPSA) is 70.1 Å². The number of piperazine rings is 1. The van der Waals surface area contributed by atoms with Gasteiger partial charge in [0, 0.05) is 57.0 Å². The van der Waals surface area contributed by atoms with Crippen molar-refractivity contribution in [3.8, 4) is 0 Å². The second-order valence-electron chi connectivity index (χ2n) is 6.06. The summed E-state index contributed by atoms with van der Waals surface area (Å²) in [5, 5.41) is 3.06. The average molecular weight is 311 g/mol. The monoisotopic (exact) mass is 311 g/mol. The molecule has 0 atom stereocenters. The molecule has 0 aromatic carbocycles. The molecule has 2 aromatic heterocycles. The van der Waals surface area contributed by atoms with Gasteiger partial charge in [-0.1, -0.05) is 0 Å². The number of aromatic nitrogens is 4. The first kappa shape index (κ1) is 14.2. The molecule has 1 saturated heterocycles. The van der Waals surface area contributed by atoms with E-state index in [1.54, 1.807) is 12.7 Å². The summed E-state index contributed by atoms with van der Waals surface area (Å²) in [6.07, 6.45) is 5.86. The molecule has 1 aliphatic carbocycles. The Hall–Kier alpha value is -2.44. The maximum atomic E-state index is 4.46. The Morgan fingerprint density at radius 3 is 2.09 bits per heavy atom. The van der Waals surface area contributed by atoms with Crippen LogP contribution in [0.5, 0.6) is 0 Å². The van der Waals surface area contributed by atoms with Crippen molar-refractivity contribution in [3.63, 3.8) is 0 Å². The number of anilines is 3. The zero-order valence-corrected chi connectivity index (χ0v) is 13.3. The first-order valence-electron chi connectivity index (χ1n) is 8.15. The van der Waals surface area contributed by atoms with Gasteiger partial charge in [0.15, 0.2) is 0 Å². The molecule has 1 N–H and O–H groups in total. The molecule has 120 valence electrons. The molecular weight excluding hydrogens is 290 g/mol. The second kappa shape index (κ2) is 5.98. The van der Waals surface area contributed by atoms with E-state index in [2.05, 4.69) is 41.1 Å². The van der Waals surface area contributed by atoms with E-state index >= 15 is 0 Å². The summed E-state index contributed by atoms with van der Waals surface area (Å²) in [6, 6.07) is 4.16. The molecule has 7 nitrogen and oxygen atoms in total. The predicted octanol–water partition coefficient (Wildman–Crippen LogP) is 1.51.